The Morgan fingerprint density at radius 3 is 2.63 bits per heavy atom. The monoisotopic (exact) mass is 373 g/mol. The van der Waals surface area contributed by atoms with E-state index in [1.807, 2.05) is 27.7 Å². The fourth-order valence-electron chi connectivity index (χ4n) is 3.48. The van der Waals surface area contributed by atoms with Gasteiger partial charge in [-0.05, 0) is 18.9 Å². The molecule has 5 N–H and O–H groups in total. The highest BCUT2D eigenvalue weighted by Crippen LogP contribution is 2.40. The van der Waals surface area contributed by atoms with Gasteiger partial charge in [0.1, 0.15) is 0 Å². The van der Waals surface area contributed by atoms with Crippen molar-refractivity contribution in [2.45, 2.75) is 52.7 Å². The van der Waals surface area contributed by atoms with Gasteiger partial charge in [0.15, 0.2) is 0 Å². The van der Waals surface area contributed by atoms with E-state index < -0.39 is 12.0 Å². The van der Waals surface area contributed by atoms with Gasteiger partial charge < -0.3 is 21.5 Å². The Kier molecular flexibility index (Phi) is 4.86. The first-order valence-electron chi connectivity index (χ1n) is 9.18. The first-order chi connectivity index (χ1) is 12.6. The zero-order chi connectivity index (χ0) is 19.9. The number of aliphatic hydroxyl groups is 1. The number of aromatic nitrogens is 2. The molecule has 1 aliphatic rings. The Bertz CT molecular complexity index is 887. The first-order valence-corrected chi connectivity index (χ1v) is 9.18. The Labute approximate surface area is 158 Å². The largest absolute Gasteiger partial charge is 0.392 e. The van der Waals surface area contributed by atoms with E-state index in [2.05, 4.69) is 15.7 Å². The number of nitrogens with one attached hydrogen (secondary N) is 2. The van der Waals surface area contributed by atoms with Gasteiger partial charge >= 0.3 is 0 Å². The predicted octanol–water partition coefficient (Wildman–Crippen LogP) is 1.99. The highest BCUT2D eigenvalue weighted by Gasteiger charge is 2.42. The van der Waals surface area contributed by atoms with Crippen LogP contribution in [0.2, 0.25) is 0 Å². The van der Waals surface area contributed by atoms with Crippen LogP contribution in [-0.4, -0.2) is 38.7 Å². The van der Waals surface area contributed by atoms with E-state index >= 15 is 0 Å². The van der Waals surface area contributed by atoms with Crippen LogP contribution in [0.25, 0.3) is 5.52 Å². The molecule has 146 valence electrons. The molecule has 8 nitrogen and oxygen atoms in total. The molecule has 0 saturated heterocycles. The molecule has 27 heavy (non-hydrogen) atoms. The zero-order valence-electron chi connectivity index (χ0n) is 16.1. The van der Waals surface area contributed by atoms with Crippen molar-refractivity contribution in [3.8, 4) is 0 Å². The van der Waals surface area contributed by atoms with Crippen LogP contribution >= 0.6 is 0 Å². The summed E-state index contributed by atoms with van der Waals surface area (Å²) < 4.78 is 1.60. The normalized spacial score (nSPS) is 21.6. The molecule has 1 fully saturated rings. The lowest BCUT2D eigenvalue weighted by atomic mass is 9.85. The molecule has 0 bridgehead atoms. The van der Waals surface area contributed by atoms with Crippen molar-refractivity contribution in [3.05, 3.63) is 24.0 Å². The third kappa shape index (κ3) is 3.49. The lowest BCUT2D eigenvalue weighted by Crippen LogP contribution is -2.38. The number of carbonyl (C=O) groups is 2. The van der Waals surface area contributed by atoms with E-state index in [0.29, 0.717) is 23.3 Å². The molecule has 0 unspecified atom stereocenters. The van der Waals surface area contributed by atoms with E-state index in [1.165, 1.54) is 6.20 Å². The molecule has 8 heteroatoms. The summed E-state index contributed by atoms with van der Waals surface area (Å²) >= 11 is 0. The lowest BCUT2D eigenvalue weighted by molar-refractivity contribution is -0.118. The quantitative estimate of drug-likeness (QED) is 0.638. The molecule has 1 saturated carbocycles. The number of carbonyl (C=O) groups excluding carboxylic acids is 2. The summed E-state index contributed by atoms with van der Waals surface area (Å²) in [4.78, 5) is 23.9. The summed E-state index contributed by atoms with van der Waals surface area (Å²) in [5.41, 5.74) is 7.28. The van der Waals surface area contributed by atoms with Gasteiger partial charge in [0.2, 0.25) is 5.91 Å². The standard InChI is InChI=1S/C19H27N5O3/c1-10(2)18(27)22-11-7-13-16(12(17(20)26)8-21-24(13)9-11)23-14-5-6-15(25)19(14,3)4/h7-10,14-15,23,25H,5-6H2,1-4H3,(H2,20,26)(H,22,27)/t14-,15-/m1/s1. The van der Waals surface area contributed by atoms with Gasteiger partial charge in [-0.1, -0.05) is 27.7 Å². The van der Waals surface area contributed by atoms with Crippen molar-refractivity contribution < 1.29 is 14.7 Å². The van der Waals surface area contributed by atoms with E-state index in [-0.39, 0.29) is 28.8 Å². The molecular weight excluding hydrogens is 346 g/mol. The van der Waals surface area contributed by atoms with Crippen LogP contribution in [0.15, 0.2) is 18.5 Å². The fourth-order valence-corrected chi connectivity index (χ4v) is 3.48. The van der Waals surface area contributed by atoms with Crippen LogP contribution in [0.4, 0.5) is 11.4 Å². The highest BCUT2D eigenvalue weighted by molar-refractivity contribution is 6.03. The maximum absolute atomic E-state index is 12.0. The van der Waals surface area contributed by atoms with Gasteiger partial charge in [0.25, 0.3) is 5.91 Å². The summed E-state index contributed by atoms with van der Waals surface area (Å²) in [6, 6.07) is 1.74. The zero-order valence-corrected chi connectivity index (χ0v) is 16.1. The molecule has 3 rings (SSSR count). The fraction of sp³-hybridized carbons (Fsp3) is 0.526. The number of amides is 2. The van der Waals surface area contributed by atoms with E-state index in [0.717, 1.165) is 6.42 Å². The first kappa shape index (κ1) is 19.2. The number of aliphatic hydroxyl groups excluding tert-OH is 1. The van der Waals surface area contributed by atoms with Gasteiger partial charge in [0, 0.05) is 17.4 Å². The third-order valence-electron chi connectivity index (χ3n) is 5.50. The van der Waals surface area contributed by atoms with Crippen molar-refractivity contribution >= 4 is 28.7 Å². The minimum Gasteiger partial charge on any atom is -0.392 e. The molecule has 2 heterocycles. The van der Waals surface area contributed by atoms with Crippen molar-refractivity contribution in [1.82, 2.24) is 9.61 Å². The molecule has 0 aliphatic heterocycles. The van der Waals surface area contributed by atoms with Crippen LogP contribution in [0.5, 0.6) is 0 Å². The summed E-state index contributed by atoms with van der Waals surface area (Å²) in [6.07, 6.45) is 4.16. The van der Waals surface area contributed by atoms with Gasteiger partial charge in [-0.15, -0.1) is 0 Å². The number of nitrogens with two attached hydrogens (primary N) is 1. The van der Waals surface area contributed by atoms with Gasteiger partial charge in [-0.3, -0.25) is 9.59 Å². The number of fused-ring (bicyclic) bond motifs is 1. The van der Waals surface area contributed by atoms with Gasteiger partial charge in [-0.2, -0.15) is 5.10 Å². The van der Waals surface area contributed by atoms with Crippen LogP contribution in [0.1, 0.15) is 50.9 Å². The van der Waals surface area contributed by atoms with E-state index in [4.69, 9.17) is 5.73 Å². The highest BCUT2D eigenvalue weighted by atomic mass is 16.3. The Morgan fingerprint density at radius 2 is 2.07 bits per heavy atom. The molecule has 1 aliphatic carbocycles. The smallest absolute Gasteiger partial charge is 0.252 e. The van der Waals surface area contributed by atoms with Crippen molar-refractivity contribution in [2.24, 2.45) is 17.1 Å². The van der Waals surface area contributed by atoms with Crippen molar-refractivity contribution in [2.75, 3.05) is 10.6 Å². The van der Waals surface area contributed by atoms with Gasteiger partial charge in [-0.25, -0.2) is 4.52 Å². The number of primary amides is 1. The molecule has 2 aromatic heterocycles. The number of rotatable bonds is 5. The average molecular weight is 373 g/mol. The van der Waals surface area contributed by atoms with Crippen LogP contribution in [-0.2, 0) is 4.79 Å². The molecule has 0 radical (unpaired) electrons. The van der Waals surface area contributed by atoms with Crippen LogP contribution < -0.4 is 16.4 Å². The minimum atomic E-state index is -0.585. The molecule has 2 amide bonds. The number of anilines is 2. The topological polar surface area (TPSA) is 122 Å². The van der Waals surface area contributed by atoms with Crippen LogP contribution in [0, 0.1) is 11.3 Å². The summed E-state index contributed by atoms with van der Waals surface area (Å²) in [5, 5.41) is 20.7. The van der Waals surface area contributed by atoms with E-state index in [1.54, 1.807) is 16.8 Å². The molecule has 2 atom stereocenters. The lowest BCUT2D eigenvalue weighted by Gasteiger charge is -2.32. The predicted molar refractivity (Wildman–Crippen MR) is 104 cm³/mol. The summed E-state index contributed by atoms with van der Waals surface area (Å²) in [6.45, 7) is 7.62. The van der Waals surface area contributed by atoms with Crippen molar-refractivity contribution in [3.63, 3.8) is 0 Å². The maximum Gasteiger partial charge on any atom is 0.252 e. The Hall–Kier alpha value is -2.61. The number of hydrogen-bond donors (Lipinski definition) is 4. The van der Waals surface area contributed by atoms with E-state index in [9.17, 15) is 14.7 Å². The minimum absolute atomic E-state index is 0.0274. The second-order valence-corrected chi connectivity index (χ2v) is 8.11. The SMILES string of the molecule is CC(C)C(=O)Nc1cc2c(N[C@@H]3CC[C@@H](O)C3(C)C)c(C(N)=O)cnn2c1. The Morgan fingerprint density at radius 1 is 1.37 bits per heavy atom. The van der Waals surface area contributed by atoms with Gasteiger partial charge in [0.05, 0.1) is 41.0 Å². The second-order valence-electron chi connectivity index (χ2n) is 8.11. The average Bonchev–Trinajstić information content (AvgIpc) is 3.10. The van der Waals surface area contributed by atoms with Crippen LogP contribution in [0.3, 0.4) is 0 Å². The molecule has 2 aromatic rings. The molecule has 0 aromatic carbocycles. The Balaban J connectivity index is 2.03. The van der Waals surface area contributed by atoms with Crippen molar-refractivity contribution in [1.29, 1.82) is 0 Å². The molecular formula is C19H27N5O3. The summed E-state index contributed by atoms with van der Waals surface area (Å²) in [7, 11) is 0. The summed E-state index contributed by atoms with van der Waals surface area (Å²) in [5.74, 6) is -0.839. The number of nitrogens with zero attached hydrogens (tertiary/aromatic N) is 2. The number of hydrogen-bond acceptors (Lipinski definition) is 5. The second kappa shape index (κ2) is 6.84. The third-order valence-corrected chi connectivity index (χ3v) is 5.50. The molecule has 0 spiro atoms. The maximum atomic E-state index is 12.0.